The molecule has 1 aromatic carbocycles. The highest BCUT2D eigenvalue weighted by atomic mass is 79.9. The monoisotopic (exact) mass is 341 g/mol. The molecule has 0 saturated heterocycles. The topological polar surface area (TPSA) is 41.5 Å². The van der Waals surface area contributed by atoms with Crippen LogP contribution < -0.4 is 10.1 Å². The molecule has 0 bridgehead atoms. The number of methoxy groups -OCH3 is 1. The number of benzene rings is 1. The van der Waals surface area contributed by atoms with Gasteiger partial charge in [0.15, 0.2) is 0 Å². The molecule has 0 radical (unpaired) electrons. The van der Waals surface area contributed by atoms with Crippen LogP contribution in [-0.2, 0) is 6.54 Å². The van der Waals surface area contributed by atoms with E-state index >= 15 is 0 Å². The molecule has 20 heavy (non-hydrogen) atoms. The van der Waals surface area contributed by atoms with Crippen LogP contribution in [0.15, 0.2) is 22.7 Å². The summed E-state index contributed by atoms with van der Waals surface area (Å²) in [4.78, 5) is 0. The molecule has 0 aromatic heterocycles. The summed E-state index contributed by atoms with van der Waals surface area (Å²) < 4.78 is 6.40. The molecule has 1 fully saturated rings. The molecule has 0 atom stereocenters. The van der Waals surface area contributed by atoms with Crippen LogP contribution in [0.2, 0.25) is 0 Å². The van der Waals surface area contributed by atoms with Gasteiger partial charge in [-0.25, -0.2) is 0 Å². The van der Waals surface area contributed by atoms with Gasteiger partial charge in [0.05, 0.1) is 12.7 Å². The van der Waals surface area contributed by atoms with Crippen LogP contribution in [0.25, 0.3) is 0 Å². The predicted octanol–water partition coefficient (Wildman–Crippen LogP) is 3.49. The minimum Gasteiger partial charge on any atom is -0.496 e. The molecule has 1 saturated carbocycles. The first-order valence-corrected chi connectivity index (χ1v) is 8.07. The minimum absolute atomic E-state index is 0.536. The van der Waals surface area contributed by atoms with Crippen LogP contribution in [0.4, 0.5) is 0 Å². The number of ether oxygens (including phenoxy) is 1. The first kappa shape index (κ1) is 15.8. The van der Waals surface area contributed by atoms with Crippen molar-refractivity contribution in [2.75, 3.05) is 13.7 Å². The van der Waals surface area contributed by atoms with Gasteiger partial charge in [-0.3, -0.25) is 0 Å². The van der Waals surface area contributed by atoms with E-state index in [1.807, 2.05) is 12.1 Å². The number of hydrogen-bond donors (Lipinski definition) is 2. The maximum absolute atomic E-state index is 10.5. The Labute approximate surface area is 129 Å². The summed E-state index contributed by atoms with van der Waals surface area (Å²) in [6.07, 6.45) is 4.05. The molecule has 4 heteroatoms. The SMILES string of the molecule is COc1ccc(Br)cc1CNCC1(O)CCC(C)CC1. The summed E-state index contributed by atoms with van der Waals surface area (Å²) >= 11 is 3.48. The maximum atomic E-state index is 10.5. The van der Waals surface area contributed by atoms with E-state index in [0.29, 0.717) is 13.1 Å². The molecule has 3 nitrogen and oxygen atoms in total. The highest BCUT2D eigenvalue weighted by Crippen LogP contribution is 2.31. The Morgan fingerprint density at radius 1 is 1.40 bits per heavy atom. The van der Waals surface area contributed by atoms with E-state index in [4.69, 9.17) is 4.74 Å². The lowest BCUT2D eigenvalue weighted by molar-refractivity contribution is -0.00633. The molecule has 1 aliphatic carbocycles. The Morgan fingerprint density at radius 2 is 2.10 bits per heavy atom. The fourth-order valence-corrected chi connectivity index (χ4v) is 3.20. The Bertz CT molecular complexity index is 442. The molecule has 2 N–H and O–H groups in total. The van der Waals surface area contributed by atoms with E-state index in [1.54, 1.807) is 7.11 Å². The summed E-state index contributed by atoms with van der Waals surface area (Å²) in [5.74, 6) is 1.63. The van der Waals surface area contributed by atoms with Crippen molar-refractivity contribution < 1.29 is 9.84 Å². The van der Waals surface area contributed by atoms with Crippen molar-refractivity contribution in [3.63, 3.8) is 0 Å². The Kier molecular flexibility index (Phi) is 5.47. The van der Waals surface area contributed by atoms with Crippen molar-refractivity contribution >= 4 is 15.9 Å². The second-order valence-electron chi connectivity index (χ2n) is 5.97. The van der Waals surface area contributed by atoms with Gasteiger partial charge in [-0.15, -0.1) is 0 Å². The zero-order valence-electron chi connectivity index (χ0n) is 12.3. The van der Waals surface area contributed by atoms with Crippen LogP contribution >= 0.6 is 15.9 Å². The molecule has 0 spiro atoms. The van der Waals surface area contributed by atoms with E-state index < -0.39 is 5.60 Å². The highest BCUT2D eigenvalue weighted by Gasteiger charge is 2.31. The molecule has 1 aliphatic rings. The van der Waals surface area contributed by atoms with Crippen molar-refractivity contribution in [1.82, 2.24) is 5.32 Å². The molecular weight excluding hydrogens is 318 g/mol. The van der Waals surface area contributed by atoms with E-state index in [1.165, 1.54) is 0 Å². The molecule has 1 aromatic rings. The average Bonchev–Trinajstić information content (AvgIpc) is 2.43. The lowest BCUT2D eigenvalue weighted by atomic mass is 9.79. The zero-order valence-corrected chi connectivity index (χ0v) is 13.9. The molecule has 112 valence electrons. The van der Waals surface area contributed by atoms with Gasteiger partial charge >= 0.3 is 0 Å². The van der Waals surface area contributed by atoms with Crippen LogP contribution in [0.1, 0.15) is 38.2 Å². The van der Waals surface area contributed by atoms with Crippen molar-refractivity contribution in [2.45, 2.75) is 44.8 Å². The van der Waals surface area contributed by atoms with Gasteiger partial charge in [0, 0.05) is 23.1 Å². The van der Waals surface area contributed by atoms with Gasteiger partial charge in [-0.1, -0.05) is 22.9 Å². The van der Waals surface area contributed by atoms with Crippen LogP contribution in [0.5, 0.6) is 5.75 Å². The summed E-state index contributed by atoms with van der Waals surface area (Å²) in [5, 5.41) is 13.9. The zero-order chi connectivity index (χ0) is 14.6. The van der Waals surface area contributed by atoms with Crippen LogP contribution in [0, 0.1) is 5.92 Å². The number of hydrogen-bond acceptors (Lipinski definition) is 3. The van der Waals surface area contributed by atoms with Crippen molar-refractivity contribution in [3.8, 4) is 5.75 Å². The second-order valence-corrected chi connectivity index (χ2v) is 6.88. The Balaban J connectivity index is 1.88. The van der Waals surface area contributed by atoms with Gasteiger partial charge in [0.2, 0.25) is 0 Å². The van der Waals surface area contributed by atoms with Gasteiger partial charge in [0.1, 0.15) is 5.75 Å². The first-order valence-electron chi connectivity index (χ1n) is 7.28. The van der Waals surface area contributed by atoms with Crippen molar-refractivity contribution in [1.29, 1.82) is 0 Å². The third-order valence-corrected chi connectivity index (χ3v) is 4.71. The van der Waals surface area contributed by atoms with Crippen LogP contribution in [0.3, 0.4) is 0 Å². The quantitative estimate of drug-likeness (QED) is 0.861. The second kappa shape index (κ2) is 6.92. The molecule has 0 aliphatic heterocycles. The Morgan fingerprint density at radius 3 is 2.75 bits per heavy atom. The minimum atomic E-state index is -0.536. The fourth-order valence-electron chi connectivity index (χ4n) is 2.79. The summed E-state index contributed by atoms with van der Waals surface area (Å²) in [7, 11) is 1.68. The standard InChI is InChI=1S/C16H24BrNO2/c1-12-5-7-16(19,8-6-12)11-18-10-13-9-14(17)3-4-15(13)20-2/h3-4,9,12,18-19H,5-8,10-11H2,1-2H3. The van der Waals surface area contributed by atoms with E-state index in [0.717, 1.165) is 47.4 Å². The predicted molar refractivity (Wildman–Crippen MR) is 85.0 cm³/mol. The lowest BCUT2D eigenvalue weighted by Gasteiger charge is -2.35. The molecule has 0 unspecified atom stereocenters. The summed E-state index contributed by atoms with van der Waals surface area (Å²) in [5.41, 5.74) is 0.570. The third kappa shape index (κ3) is 4.21. The normalized spacial score (nSPS) is 26.5. The fraction of sp³-hybridized carbons (Fsp3) is 0.625. The molecular formula is C16H24BrNO2. The number of halogens is 1. The lowest BCUT2D eigenvalue weighted by Crippen LogP contribution is -2.43. The molecule has 0 amide bonds. The van der Waals surface area contributed by atoms with Crippen LogP contribution in [-0.4, -0.2) is 24.4 Å². The number of nitrogens with one attached hydrogen (secondary N) is 1. The maximum Gasteiger partial charge on any atom is 0.123 e. The summed E-state index contributed by atoms with van der Waals surface area (Å²) in [6, 6.07) is 5.98. The highest BCUT2D eigenvalue weighted by molar-refractivity contribution is 9.10. The average molecular weight is 342 g/mol. The third-order valence-electron chi connectivity index (χ3n) is 4.22. The molecule has 0 heterocycles. The van der Waals surface area contributed by atoms with E-state index in [-0.39, 0.29) is 0 Å². The summed E-state index contributed by atoms with van der Waals surface area (Å²) in [6.45, 7) is 3.62. The van der Waals surface area contributed by atoms with E-state index in [2.05, 4.69) is 34.2 Å². The van der Waals surface area contributed by atoms with Gasteiger partial charge < -0.3 is 15.2 Å². The van der Waals surface area contributed by atoms with Gasteiger partial charge in [0.25, 0.3) is 0 Å². The molecule has 2 rings (SSSR count). The van der Waals surface area contributed by atoms with E-state index in [9.17, 15) is 5.11 Å². The van der Waals surface area contributed by atoms with Gasteiger partial charge in [-0.2, -0.15) is 0 Å². The largest absolute Gasteiger partial charge is 0.496 e. The van der Waals surface area contributed by atoms with Gasteiger partial charge in [-0.05, 0) is 49.8 Å². The number of rotatable bonds is 5. The first-order chi connectivity index (χ1) is 9.52. The Hall–Kier alpha value is -0.580. The number of aliphatic hydroxyl groups is 1. The smallest absolute Gasteiger partial charge is 0.123 e. The van der Waals surface area contributed by atoms with Crippen molar-refractivity contribution in [3.05, 3.63) is 28.2 Å². The van der Waals surface area contributed by atoms with Crippen molar-refractivity contribution in [2.24, 2.45) is 5.92 Å².